The Morgan fingerprint density at radius 2 is 1.68 bits per heavy atom. The largest absolute Gasteiger partial charge is 0.464 e. The van der Waals surface area contributed by atoms with Crippen molar-refractivity contribution < 1.29 is 23.9 Å². The zero-order valence-electron chi connectivity index (χ0n) is 17.9. The molecule has 164 valence electrons. The number of amides is 1. The van der Waals surface area contributed by atoms with Crippen LogP contribution in [0, 0.1) is 0 Å². The molecule has 0 aliphatic rings. The van der Waals surface area contributed by atoms with Crippen LogP contribution in [0.15, 0.2) is 54.6 Å². The van der Waals surface area contributed by atoms with Gasteiger partial charge in [0.05, 0.1) is 12.5 Å². The first kappa shape index (κ1) is 24.3. The van der Waals surface area contributed by atoms with Gasteiger partial charge in [0.2, 0.25) is 5.91 Å². The molecule has 0 bridgehead atoms. The van der Waals surface area contributed by atoms with E-state index in [1.807, 2.05) is 24.3 Å². The van der Waals surface area contributed by atoms with Gasteiger partial charge in [-0.25, -0.2) is 4.79 Å². The lowest BCUT2D eigenvalue weighted by atomic mass is 9.96. The molecule has 7 heteroatoms. The second kappa shape index (κ2) is 12.1. The van der Waals surface area contributed by atoms with Gasteiger partial charge in [0, 0.05) is 23.8 Å². The van der Waals surface area contributed by atoms with E-state index in [-0.39, 0.29) is 29.8 Å². The maximum Gasteiger partial charge on any atom is 0.328 e. The Morgan fingerprint density at radius 1 is 1.00 bits per heavy atom. The third-order valence-corrected chi connectivity index (χ3v) is 5.72. The highest BCUT2D eigenvalue weighted by atomic mass is 32.2. The molecule has 2 unspecified atom stereocenters. The molecule has 2 atom stereocenters. The molecule has 0 fully saturated rings. The first-order valence-electron chi connectivity index (χ1n) is 10.1. The molecule has 6 nitrogen and oxygen atoms in total. The number of hydrogen-bond acceptors (Lipinski definition) is 6. The van der Waals surface area contributed by atoms with Crippen LogP contribution in [-0.4, -0.2) is 41.2 Å². The summed E-state index contributed by atoms with van der Waals surface area (Å²) < 4.78 is 4.97. The molecule has 0 saturated heterocycles. The van der Waals surface area contributed by atoms with Gasteiger partial charge in [-0.15, -0.1) is 0 Å². The maximum absolute atomic E-state index is 12.7. The first-order chi connectivity index (χ1) is 14.8. The number of esters is 1. The van der Waals surface area contributed by atoms with Gasteiger partial charge in [-0.3, -0.25) is 14.4 Å². The Balaban J connectivity index is 1.99. The molecule has 1 N–H and O–H groups in total. The van der Waals surface area contributed by atoms with E-state index in [1.165, 1.54) is 6.92 Å². The number of benzene rings is 2. The minimum absolute atomic E-state index is 0.0743. The van der Waals surface area contributed by atoms with Gasteiger partial charge >= 0.3 is 5.97 Å². The lowest BCUT2D eigenvalue weighted by Crippen LogP contribution is -2.41. The van der Waals surface area contributed by atoms with Crippen LogP contribution in [0.4, 0.5) is 0 Å². The number of thioether (sulfide) groups is 1. The fraction of sp³-hybridized carbons (Fsp3) is 0.333. The van der Waals surface area contributed by atoms with Gasteiger partial charge in [0.1, 0.15) is 6.04 Å². The summed E-state index contributed by atoms with van der Waals surface area (Å²) in [7, 11) is 0. The number of hydrogen-bond donors (Lipinski definition) is 1. The van der Waals surface area contributed by atoms with Gasteiger partial charge in [-0.2, -0.15) is 0 Å². The van der Waals surface area contributed by atoms with E-state index in [1.54, 1.807) is 44.2 Å². The molecular formula is C24H27NO5S. The van der Waals surface area contributed by atoms with Crippen molar-refractivity contribution in [2.24, 2.45) is 0 Å². The summed E-state index contributed by atoms with van der Waals surface area (Å²) >= 11 is 1.10. The Kier molecular flexibility index (Phi) is 9.46. The van der Waals surface area contributed by atoms with Gasteiger partial charge in [0.15, 0.2) is 10.9 Å². The molecule has 0 aliphatic carbocycles. The lowest BCUT2D eigenvalue weighted by molar-refractivity contribution is -0.147. The third kappa shape index (κ3) is 7.36. The van der Waals surface area contributed by atoms with Crippen LogP contribution in [-0.2, 0) is 19.1 Å². The molecule has 2 rings (SSSR count). The van der Waals surface area contributed by atoms with Crippen LogP contribution in [0.2, 0.25) is 0 Å². The second-order valence-electron chi connectivity index (χ2n) is 7.00. The van der Waals surface area contributed by atoms with E-state index in [0.29, 0.717) is 16.9 Å². The predicted octanol–water partition coefficient (Wildman–Crippen LogP) is 3.74. The summed E-state index contributed by atoms with van der Waals surface area (Å²) in [4.78, 5) is 48.6. The normalized spacial score (nSPS) is 12.5. The summed E-state index contributed by atoms with van der Waals surface area (Å²) in [6, 6.07) is 15.3. The van der Waals surface area contributed by atoms with Crippen LogP contribution in [0.25, 0.3) is 0 Å². The van der Waals surface area contributed by atoms with E-state index in [4.69, 9.17) is 4.74 Å². The van der Waals surface area contributed by atoms with Gasteiger partial charge in [0.25, 0.3) is 0 Å². The summed E-state index contributed by atoms with van der Waals surface area (Å²) in [6.07, 6.45) is 0.286. The summed E-state index contributed by atoms with van der Waals surface area (Å²) in [5, 5.41) is 2.48. The molecule has 31 heavy (non-hydrogen) atoms. The monoisotopic (exact) mass is 441 g/mol. The molecule has 0 heterocycles. The number of carbonyl (C=O) groups is 4. The van der Waals surface area contributed by atoms with Crippen LogP contribution in [0.1, 0.15) is 54.6 Å². The van der Waals surface area contributed by atoms with Crippen LogP contribution >= 0.6 is 11.8 Å². The van der Waals surface area contributed by atoms with Gasteiger partial charge < -0.3 is 10.1 Å². The number of ether oxygens (including phenoxy) is 1. The zero-order valence-corrected chi connectivity index (χ0v) is 18.7. The molecule has 2 aromatic carbocycles. The Hall–Kier alpha value is -2.93. The third-order valence-electron chi connectivity index (χ3n) is 4.64. The van der Waals surface area contributed by atoms with E-state index >= 15 is 0 Å². The number of ketones is 1. The van der Waals surface area contributed by atoms with E-state index < -0.39 is 17.9 Å². The van der Waals surface area contributed by atoms with Crippen molar-refractivity contribution in [2.75, 3.05) is 12.4 Å². The maximum atomic E-state index is 12.7. The quantitative estimate of drug-likeness (QED) is 0.446. The zero-order chi connectivity index (χ0) is 22.8. The topological polar surface area (TPSA) is 89.5 Å². The van der Waals surface area contributed by atoms with Gasteiger partial charge in [-0.05, 0) is 25.0 Å². The smallest absolute Gasteiger partial charge is 0.328 e. The Morgan fingerprint density at radius 3 is 2.32 bits per heavy atom. The van der Waals surface area contributed by atoms with Crippen molar-refractivity contribution in [3.63, 3.8) is 0 Å². The number of nitrogens with one attached hydrogen (secondary N) is 1. The summed E-state index contributed by atoms with van der Waals surface area (Å²) in [6.45, 7) is 5.03. The molecule has 2 aromatic rings. The highest BCUT2D eigenvalue weighted by Gasteiger charge is 2.23. The van der Waals surface area contributed by atoms with Crippen molar-refractivity contribution in [1.29, 1.82) is 0 Å². The van der Waals surface area contributed by atoms with Crippen molar-refractivity contribution in [3.05, 3.63) is 71.3 Å². The molecule has 0 spiro atoms. The summed E-state index contributed by atoms with van der Waals surface area (Å²) in [5.41, 5.74) is 1.88. The Labute approximate surface area is 186 Å². The average Bonchev–Trinajstić information content (AvgIpc) is 2.77. The molecule has 0 aliphatic heterocycles. The number of carbonyl (C=O) groups excluding carboxylic acids is 4. The molecule has 0 aromatic heterocycles. The summed E-state index contributed by atoms with van der Waals surface area (Å²) in [5.74, 6) is -0.999. The van der Waals surface area contributed by atoms with Gasteiger partial charge in [-0.1, -0.05) is 67.2 Å². The Bertz CT molecular complexity index is 929. The van der Waals surface area contributed by atoms with Crippen molar-refractivity contribution in [3.8, 4) is 0 Å². The predicted molar refractivity (Wildman–Crippen MR) is 121 cm³/mol. The van der Waals surface area contributed by atoms with Crippen molar-refractivity contribution in [1.82, 2.24) is 5.32 Å². The molecular weight excluding hydrogens is 414 g/mol. The van der Waals surface area contributed by atoms with E-state index in [2.05, 4.69) is 5.32 Å². The second-order valence-corrected chi connectivity index (χ2v) is 8.10. The minimum Gasteiger partial charge on any atom is -0.464 e. The molecule has 0 radical (unpaired) electrons. The average molecular weight is 442 g/mol. The molecule has 1 amide bonds. The first-order valence-corrected chi connectivity index (χ1v) is 11.1. The van der Waals surface area contributed by atoms with E-state index in [9.17, 15) is 19.2 Å². The minimum atomic E-state index is -0.778. The SMILES string of the molecule is CCOC(=O)C(CCSC(=O)C(C)c1cccc(C(=O)c2ccccc2)c1)NC(C)=O. The van der Waals surface area contributed by atoms with Crippen molar-refractivity contribution >= 4 is 34.5 Å². The van der Waals surface area contributed by atoms with Crippen LogP contribution < -0.4 is 5.32 Å². The highest BCUT2D eigenvalue weighted by molar-refractivity contribution is 8.13. The number of rotatable bonds is 10. The van der Waals surface area contributed by atoms with Crippen molar-refractivity contribution in [2.45, 2.75) is 39.2 Å². The standard InChI is InChI=1S/C24H27NO5S/c1-4-30-23(28)21(25-17(3)26)13-14-31-24(29)16(2)19-11-8-12-20(15-19)22(27)18-9-6-5-7-10-18/h5-12,15-16,21H,4,13-14H2,1-3H3,(H,25,26). The lowest BCUT2D eigenvalue weighted by Gasteiger charge is -2.16. The highest BCUT2D eigenvalue weighted by Crippen LogP contribution is 2.24. The van der Waals surface area contributed by atoms with Crippen LogP contribution in [0.5, 0.6) is 0 Å². The fourth-order valence-corrected chi connectivity index (χ4v) is 3.92. The fourth-order valence-electron chi connectivity index (χ4n) is 2.98. The van der Waals surface area contributed by atoms with Crippen LogP contribution in [0.3, 0.4) is 0 Å². The molecule has 0 saturated carbocycles. The van der Waals surface area contributed by atoms with E-state index in [0.717, 1.165) is 17.3 Å².